The van der Waals surface area contributed by atoms with Gasteiger partial charge in [-0.15, -0.1) is 0 Å². The smallest absolute Gasteiger partial charge is 0.418 e. The summed E-state index contributed by atoms with van der Waals surface area (Å²) in [6.45, 7) is 7.66. The lowest BCUT2D eigenvalue weighted by Crippen LogP contribution is -2.39. The summed E-state index contributed by atoms with van der Waals surface area (Å²) in [5, 5.41) is 9.22. The quantitative estimate of drug-likeness (QED) is 0.894. The van der Waals surface area contributed by atoms with Crippen LogP contribution in [0.2, 0.25) is 0 Å². The Morgan fingerprint density at radius 3 is 2.45 bits per heavy atom. The zero-order valence-corrected chi connectivity index (χ0v) is 12.0. The summed E-state index contributed by atoms with van der Waals surface area (Å²) in [6, 6.07) is 1.37. The first-order chi connectivity index (χ1) is 9.16. The lowest BCUT2D eigenvalue weighted by Gasteiger charge is -2.16. The normalized spacial score (nSPS) is 16.6. The standard InChI is InChI=1S/C14H18N2O4/c1-8(2)6-15-7-10-9(5-11(15)17)14(3,4)12(18)16(10)13(19)20/h5,7-8H,6H2,1-4H3,(H,19,20). The number of hydrogen-bond acceptors (Lipinski definition) is 3. The van der Waals surface area contributed by atoms with Gasteiger partial charge in [0.2, 0.25) is 5.91 Å². The van der Waals surface area contributed by atoms with Crippen molar-refractivity contribution in [3.05, 3.63) is 28.2 Å². The summed E-state index contributed by atoms with van der Waals surface area (Å²) in [6.07, 6.45) is 0.148. The Morgan fingerprint density at radius 1 is 1.35 bits per heavy atom. The van der Waals surface area contributed by atoms with E-state index in [4.69, 9.17) is 0 Å². The van der Waals surface area contributed by atoms with Gasteiger partial charge in [-0.2, -0.15) is 0 Å². The number of pyridine rings is 1. The molecule has 0 unspecified atom stereocenters. The molecule has 0 saturated carbocycles. The lowest BCUT2D eigenvalue weighted by molar-refractivity contribution is -0.121. The third-order valence-corrected chi connectivity index (χ3v) is 3.51. The molecule has 2 heterocycles. The monoisotopic (exact) mass is 278 g/mol. The average Bonchev–Trinajstić information content (AvgIpc) is 2.48. The molecule has 0 radical (unpaired) electrons. The van der Waals surface area contributed by atoms with Gasteiger partial charge in [-0.25, -0.2) is 9.69 Å². The second-order valence-corrected chi connectivity index (χ2v) is 6.00. The summed E-state index contributed by atoms with van der Waals surface area (Å²) in [4.78, 5) is 36.3. The number of carboxylic acid groups (broad SMARTS) is 1. The van der Waals surface area contributed by atoms with Crippen molar-refractivity contribution < 1.29 is 14.7 Å². The van der Waals surface area contributed by atoms with Crippen LogP contribution in [0.25, 0.3) is 0 Å². The van der Waals surface area contributed by atoms with Gasteiger partial charge in [0.1, 0.15) is 0 Å². The Bertz CT molecular complexity index is 643. The Morgan fingerprint density at radius 2 is 1.95 bits per heavy atom. The van der Waals surface area contributed by atoms with Gasteiger partial charge in [-0.3, -0.25) is 9.59 Å². The summed E-state index contributed by atoms with van der Waals surface area (Å²) >= 11 is 0. The predicted molar refractivity (Wildman–Crippen MR) is 74.1 cm³/mol. The van der Waals surface area contributed by atoms with Crippen molar-refractivity contribution >= 4 is 17.7 Å². The van der Waals surface area contributed by atoms with Crippen molar-refractivity contribution in [1.29, 1.82) is 0 Å². The molecule has 108 valence electrons. The molecule has 0 aliphatic carbocycles. The number of carbonyl (C=O) groups is 2. The van der Waals surface area contributed by atoms with Gasteiger partial charge in [0.05, 0.1) is 11.1 Å². The van der Waals surface area contributed by atoms with E-state index < -0.39 is 17.4 Å². The van der Waals surface area contributed by atoms with Gasteiger partial charge in [0.15, 0.2) is 0 Å². The molecule has 0 atom stereocenters. The highest BCUT2D eigenvalue weighted by Crippen LogP contribution is 2.40. The van der Waals surface area contributed by atoms with Gasteiger partial charge in [0, 0.05) is 18.8 Å². The van der Waals surface area contributed by atoms with E-state index in [0.717, 1.165) is 4.90 Å². The minimum Gasteiger partial charge on any atom is -0.464 e. The fourth-order valence-electron chi connectivity index (χ4n) is 2.47. The molecule has 1 aliphatic rings. The number of fused-ring (bicyclic) bond motifs is 1. The molecular formula is C14H18N2O4. The van der Waals surface area contributed by atoms with Gasteiger partial charge in [-0.1, -0.05) is 13.8 Å². The number of amides is 2. The Hall–Kier alpha value is -2.11. The van der Waals surface area contributed by atoms with Gasteiger partial charge in [-0.05, 0) is 25.3 Å². The maximum atomic E-state index is 12.2. The SMILES string of the molecule is CC(C)Cn1cc2c(cc1=O)C(C)(C)C(=O)N2C(=O)O. The molecule has 1 aliphatic heterocycles. The minimum absolute atomic E-state index is 0.217. The fourth-order valence-corrected chi connectivity index (χ4v) is 2.47. The van der Waals surface area contributed by atoms with Crippen LogP contribution in [0, 0.1) is 5.92 Å². The Balaban J connectivity index is 2.66. The largest absolute Gasteiger partial charge is 0.464 e. The highest BCUT2D eigenvalue weighted by Gasteiger charge is 2.47. The van der Waals surface area contributed by atoms with Gasteiger partial charge >= 0.3 is 6.09 Å². The molecule has 6 heteroatoms. The third-order valence-electron chi connectivity index (χ3n) is 3.51. The number of imide groups is 1. The predicted octanol–water partition coefficient (Wildman–Crippen LogP) is 1.81. The Labute approximate surface area is 116 Å². The van der Waals surface area contributed by atoms with Gasteiger partial charge in [0.25, 0.3) is 5.56 Å². The molecule has 0 fully saturated rings. The first kappa shape index (κ1) is 14.3. The topological polar surface area (TPSA) is 79.6 Å². The number of aromatic nitrogens is 1. The van der Waals surface area contributed by atoms with E-state index >= 15 is 0 Å². The van der Waals surface area contributed by atoms with Crippen molar-refractivity contribution in [2.75, 3.05) is 4.90 Å². The van der Waals surface area contributed by atoms with Crippen molar-refractivity contribution in [2.24, 2.45) is 5.92 Å². The van der Waals surface area contributed by atoms with Crippen molar-refractivity contribution in [2.45, 2.75) is 39.7 Å². The highest BCUT2D eigenvalue weighted by atomic mass is 16.4. The number of hydrogen-bond donors (Lipinski definition) is 1. The molecule has 1 N–H and O–H groups in total. The van der Waals surface area contributed by atoms with Crippen molar-refractivity contribution in [3.8, 4) is 0 Å². The van der Waals surface area contributed by atoms with Crippen molar-refractivity contribution in [3.63, 3.8) is 0 Å². The first-order valence-electron chi connectivity index (χ1n) is 6.48. The molecule has 0 saturated heterocycles. The average molecular weight is 278 g/mol. The summed E-state index contributed by atoms with van der Waals surface area (Å²) in [7, 11) is 0. The zero-order chi connectivity index (χ0) is 15.2. The van der Waals surface area contributed by atoms with Crippen LogP contribution in [0.4, 0.5) is 10.5 Å². The van der Waals surface area contributed by atoms with Gasteiger partial charge < -0.3 is 9.67 Å². The maximum absolute atomic E-state index is 12.2. The molecule has 6 nitrogen and oxygen atoms in total. The van der Waals surface area contributed by atoms with Crippen LogP contribution in [0.5, 0.6) is 0 Å². The van der Waals surface area contributed by atoms with Crippen LogP contribution in [-0.2, 0) is 16.8 Å². The van der Waals surface area contributed by atoms with E-state index in [-0.39, 0.29) is 17.2 Å². The number of anilines is 1. The Kier molecular flexibility index (Phi) is 3.20. The van der Waals surface area contributed by atoms with E-state index in [1.54, 1.807) is 13.8 Å². The molecule has 2 amide bonds. The van der Waals surface area contributed by atoms with Crippen LogP contribution >= 0.6 is 0 Å². The summed E-state index contributed by atoms with van der Waals surface area (Å²) < 4.78 is 1.45. The summed E-state index contributed by atoms with van der Waals surface area (Å²) in [5.41, 5.74) is -0.461. The van der Waals surface area contributed by atoms with Crippen molar-refractivity contribution in [1.82, 2.24) is 4.57 Å². The zero-order valence-electron chi connectivity index (χ0n) is 12.0. The van der Waals surface area contributed by atoms with E-state index in [2.05, 4.69) is 0 Å². The second-order valence-electron chi connectivity index (χ2n) is 6.00. The lowest BCUT2D eigenvalue weighted by atomic mass is 9.87. The van der Waals surface area contributed by atoms with Crippen LogP contribution in [-0.4, -0.2) is 21.7 Å². The fraction of sp³-hybridized carbons (Fsp3) is 0.500. The number of nitrogens with zero attached hydrogens (tertiary/aromatic N) is 2. The van der Waals surface area contributed by atoms with E-state index in [1.165, 1.54) is 16.8 Å². The number of rotatable bonds is 2. The molecule has 1 aromatic heterocycles. The number of carbonyl (C=O) groups excluding carboxylic acids is 1. The van der Waals surface area contributed by atoms with Crippen LogP contribution in [0.3, 0.4) is 0 Å². The van der Waals surface area contributed by atoms with Crippen LogP contribution in [0.15, 0.2) is 17.1 Å². The first-order valence-corrected chi connectivity index (χ1v) is 6.48. The van der Waals surface area contributed by atoms with E-state index in [9.17, 15) is 19.5 Å². The molecule has 20 heavy (non-hydrogen) atoms. The maximum Gasteiger partial charge on any atom is 0.418 e. The molecule has 2 rings (SSSR count). The molecule has 0 spiro atoms. The highest BCUT2D eigenvalue weighted by molar-refractivity contribution is 6.20. The van der Waals surface area contributed by atoms with Crippen LogP contribution < -0.4 is 10.5 Å². The van der Waals surface area contributed by atoms with Crippen LogP contribution in [0.1, 0.15) is 33.3 Å². The molecule has 0 aromatic carbocycles. The second kappa shape index (κ2) is 4.47. The third kappa shape index (κ3) is 2.01. The minimum atomic E-state index is -1.32. The molecule has 0 bridgehead atoms. The summed E-state index contributed by atoms with van der Waals surface area (Å²) in [5.74, 6) is -0.282. The molecular weight excluding hydrogens is 260 g/mol. The molecule has 1 aromatic rings. The van der Waals surface area contributed by atoms with E-state index in [1.807, 2.05) is 13.8 Å². The van der Waals surface area contributed by atoms with E-state index in [0.29, 0.717) is 12.1 Å².